The summed E-state index contributed by atoms with van der Waals surface area (Å²) in [4.78, 5) is 0. The summed E-state index contributed by atoms with van der Waals surface area (Å²) >= 11 is -0.217. The third-order valence-corrected chi connectivity index (χ3v) is 4.77. The van der Waals surface area contributed by atoms with Gasteiger partial charge in [-0.25, -0.2) is 0 Å². The second-order valence-electron chi connectivity index (χ2n) is 3.01. The van der Waals surface area contributed by atoms with Crippen molar-refractivity contribution in [2.45, 2.75) is 0 Å². The molecule has 0 atom stereocenters. The van der Waals surface area contributed by atoms with E-state index in [0.29, 0.717) is 0 Å². The fourth-order valence-corrected chi connectivity index (χ4v) is 3.87. The minimum Gasteiger partial charge on any atom is -1.00 e. The molecule has 0 bridgehead atoms. The molecule has 5 heteroatoms. The Morgan fingerprint density at radius 3 is 2.33 bits per heavy atom. The van der Waals surface area contributed by atoms with Gasteiger partial charge in [-0.1, -0.05) is 0 Å². The molecule has 3 nitrogen and oxygen atoms in total. The van der Waals surface area contributed by atoms with Crippen LogP contribution >= 0.6 is 0 Å². The third-order valence-electron chi connectivity index (χ3n) is 2.08. The number of aromatic nitrogens is 1. The van der Waals surface area contributed by atoms with E-state index in [9.17, 15) is 0 Å². The molecule has 1 aromatic carbocycles. The Hall–Kier alpha value is -0.430. The number of aryl methyl sites for hydroxylation is 1. The Kier molecular flexibility index (Phi) is 4.27. The summed E-state index contributed by atoms with van der Waals surface area (Å²) in [6.07, 6.45) is 2.17. The summed E-state index contributed by atoms with van der Waals surface area (Å²) in [5, 5.41) is 1.27. The van der Waals surface area contributed by atoms with Crippen LogP contribution < -0.4 is 24.7 Å². The molecule has 0 fully saturated rings. The summed E-state index contributed by atoms with van der Waals surface area (Å²) in [5.41, 5.74) is 0. The van der Waals surface area contributed by atoms with E-state index in [1.54, 1.807) is 14.2 Å². The van der Waals surface area contributed by atoms with Gasteiger partial charge in [-0.2, -0.15) is 0 Å². The first kappa shape index (κ1) is 12.6. The van der Waals surface area contributed by atoms with Crippen molar-refractivity contribution in [1.29, 1.82) is 0 Å². The third kappa shape index (κ3) is 2.39. The summed E-state index contributed by atoms with van der Waals surface area (Å²) in [7, 11) is 5.45. The second kappa shape index (κ2) is 5.07. The van der Waals surface area contributed by atoms with Gasteiger partial charge in [-0.15, -0.1) is 0 Å². The van der Waals surface area contributed by atoms with Gasteiger partial charge in [0.15, 0.2) is 0 Å². The number of benzene rings is 1. The summed E-state index contributed by atoms with van der Waals surface area (Å²) < 4.78 is 14.2. The Morgan fingerprint density at radius 1 is 1.13 bits per heavy atom. The molecule has 0 amide bonds. The topological polar surface area (TPSA) is 22.3 Å². The number of rotatable bonds is 2. The number of halogens is 1. The van der Waals surface area contributed by atoms with Crippen molar-refractivity contribution in [3.05, 3.63) is 18.3 Å². The predicted molar refractivity (Wildman–Crippen MR) is 55.2 cm³/mol. The second-order valence-corrected chi connectivity index (χ2v) is 6.43. The molecule has 0 unspecified atom stereocenters. The van der Waals surface area contributed by atoms with Gasteiger partial charge in [0.1, 0.15) is 0 Å². The molecule has 1 heterocycles. The maximum atomic E-state index is 5.26. The van der Waals surface area contributed by atoms with Crippen LogP contribution in [0.25, 0.3) is 8.79 Å². The molecular weight excluding hydrogens is 329 g/mol. The van der Waals surface area contributed by atoms with Crippen molar-refractivity contribution in [3.8, 4) is 11.5 Å². The number of ether oxygens (including phenoxy) is 2. The van der Waals surface area contributed by atoms with Gasteiger partial charge in [0, 0.05) is 0 Å². The molecule has 2 aromatic rings. The minimum atomic E-state index is -0.217. The Morgan fingerprint density at radius 2 is 1.73 bits per heavy atom. The van der Waals surface area contributed by atoms with E-state index in [4.69, 9.17) is 9.47 Å². The number of hydrogen-bond donors (Lipinski definition) is 0. The number of hydrogen-bond acceptors (Lipinski definition) is 2. The first-order valence-electron chi connectivity index (χ1n) is 4.26. The van der Waals surface area contributed by atoms with Crippen molar-refractivity contribution in [2.75, 3.05) is 14.2 Å². The van der Waals surface area contributed by atoms with Crippen molar-refractivity contribution in [3.63, 3.8) is 0 Å². The zero-order valence-corrected chi connectivity index (χ0v) is 11.9. The fourth-order valence-electron chi connectivity index (χ4n) is 1.43. The largest absolute Gasteiger partial charge is 1.00 e. The Labute approximate surface area is 105 Å². The molecule has 82 valence electrons. The Balaban J connectivity index is 0.00000112. The molecular formula is C10H12ClNO2Te. The molecule has 0 aliphatic rings. The maximum Gasteiger partial charge on any atom is -1.00 e. The van der Waals surface area contributed by atoms with Gasteiger partial charge in [-0.05, 0) is 0 Å². The zero-order chi connectivity index (χ0) is 10.1. The Bertz CT molecular complexity index is 429. The van der Waals surface area contributed by atoms with Crippen LogP contribution in [0.5, 0.6) is 11.5 Å². The molecule has 0 radical (unpaired) electrons. The number of nitrogens with zero attached hydrogens (tertiary/aromatic N) is 1. The normalized spacial score (nSPS) is 9.80. The van der Waals surface area contributed by atoms with Crippen molar-refractivity contribution < 1.29 is 24.7 Å². The van der Waals surface area contributed by atoms with E-state index in [2.05, 4.69) is 22.1 Å². The molecule has 0 aliphatic heterocycles. The van der Waals surface area contributed by atoms with E-state index >= 15 is 0 Å². The van der Waals surface area contributed by atoms with Crippen LogP contribution in [0.4, 0.5) is 0 Å². The van der Waals surface area contributed by atoms with Crippen LogP contribution in [0.2, 0.25) is 0 Å². The van der Waals surface area contributed by atoms with Gasteiger partial charge >= 0.3 is 92.9 Å². The van der Waals surface area contributed by atoms with E-state index in [-0.39, 0.29) is 33.1 Å². The van der Waals surface area contributed by atoms with Gasteiger partial charge in [0.2, 0.25) is 0 Å². The van der Waals surface area contributed by atoms with Crippen LogP contribution in [0.1, 0.15) is 0 Å². The van der Waals surface area contributed by atoms with Gasteiger partial charge in [0.25, 0.3) is 0 Å². The number of fused-ring (bicyclic) bond motifs is 1. The molecule has 1 aromatic heterocycles. The van der Waals surface area contributed by atoms with Crippen molar-refractivity contribution in [2.24, 2.45) is 7.05 Å². The molecule has 0 aliphatic carbocycles. The van der Waals surface area contributed by atoms with E-state index in [1.807, 2.05) is 6.07 Å². The number of methoxy groups -OCH3 is 2. The summed E-state index contributed by atoms with van der Waals surface area (Å²) in [5.74, 6) is 1.64. The van der Waals surface area contributed by atoms with Crippen LogP contribution in [-0.4, -0.2) is 34.9 Å². The molecule has 2 rings (SSSR count). The summed E-state index contributed by atoms with van der Waals surface area (Å²) in [6, 6.07) is 4.14. The fraction of sp³-hybridized carbons (Fsp3) is 0.300. The van der Waals surface area contributed by atoms with Gasteiger partial charge in [-0.3, -0.25) is 0 Å². The van der Waals surface area contributed by atoms with Gasteiger partial charge < -0.3 is 12.4 Å². The molecule has 0 N–H and O–H groups in total. The monoisotopic (exact) mass is 343 g/mol. The molecule has 15 heavy (non-hydrogen) atoms. The van der Waals surface area contributed by atoms with Crippen molar-refractivity contribution >= 4 is 29.5 Å². The maximum absolute atomic E-state index is 5.26. The van der Waals surface area contributed by atoms with Crippen LogP contribution in [0.15, 0.2) is 18.3 Å². The van der Waals surface area contributed by atoms with Crippen LogP contribution in [-0.2, 0) is 7.05 Å². The standard InChI is InChI=1S/C10H12NO2Te.ClH/c1-11-6-7-4-8(12-2)9(13-3)5-10(7)14-11;/h4-6H,1-3H3;1H/q+1;/p-1. The zero-order valence-electron chi connectivity index (χ0n) is 8.78. The predicted octanol–water partition coefficient (Wildman–Crippen LogP) is -2.26. The van der Waals surface area contributed by atoms with Crippen LogP contribution in [0.3, 0.4) is 0 Å². The molecule has 0 spiro atoms. The SMILES string of the molecule is COc1cc2c[n+](C)[te]c2cc1OC.[Cl-]. The average molecular weight is 341 g/mol. The smallest absolute Gasteiger partial charge is 1.00 e. The van der Waals surface area contributed by atoms with Gasteiger partial charge in [0.05, 0.1) is 0 Å². The first-order valence-corrected chi connectivity index (χ1v) is 6.47. The quantitative estimate of drug-likeness (QED) is 0.576. The average Bonchev–Trinajstić information content (AvgIpc) is 2.54. The first-order chi connectivity index (χ1) is 6.74. The van der Waals surface area contributed by atoms with E-state index < -0.39 is 0 Å². The molecule has 0 saturated heterocycles. The van der Waals surface area contributed by atoms with E-state index in [1.165, 1.54) is 8.79 Å². The molecule has 0 saturated carbocycles. The van der Waals surface area contributed by atoms with Crippen LogP contribution in [0, 0.1) is 0 Å². The minimum absolute atomic E-state index is 0. The van der Waals surface area contributed by atoms with E-state index in [0.717, 1.165) is 11.5 Å². The van der Waals surface area contributed by atoms with Crippen molar-refractivity contribution in [1.82, 2.24) is 0 Å². The summed E-state index contributed by atoms with van der Waals surface area (Å²) in [6.45, 7) is 0.